The number of aryl methyl sites for hydroxylation is 1. The van der Waals surface area contributed by atoms with Gasteiger partial charge >= 0.3 is 0 Å². The molecule has 0 bridgehead atoms. The van der Waals surface area contributed by atoms with E-state index in [9.17, 15) is 13.2 Å². The highest BCUT2D eigenvalue weighted by atomic mass is 32.2. The molecule has 1 aromatic heterocycles. The van der Waals surface area contributed by atoms with E-state index in [-0.39, 0.29) is 23.5 Å². The lowest BCUT2D eigenvalue weighted by Gasteiger charge is -2.14. The van der Waals surface area contributed by atoms with Crippen LogP contribution in [0.1, 0.15) is 18.9 Å². The summed E-state index contributed by atoms with van der Waals surface area (Å²) in [5, 5.41) is 9.89. The molecule has 3 rings (SSSR count). The second-order valence-electron chi connectivity index (χ2n) is 6.20. The first-order valence-corrected chi connectivity index (χ1v) is 10.7. The average molecular weight is 380 g/mol. The van der Waals surface area contributed by atoms with Crippen LogP contribution in [0.25, 0.3) is 11.4 Å². The van der Waals surface area contributed by atoms with Crippen LogP contribution in [-0.4, -0.2) is 52.3 Å². The summed E-state index contributed by atoms with van der Waals surface area (Å²) in [4.78, 5) is 16.6. The minimum atomic E-state index is -3.01. The van der Waals surface area contributed by atoms with Gasteiger partial charge in [0.25, 0.3) is 0 Å². The Hall–Kier alpha value is -1.87. The van der Waals surface area contributed by atoms with Crippen LogP contribution in [0.4, 0.5) is 0 Å². The van der Waals surface area contributed by atoms with E-state index in [1.54, 1.807) is 6.92 Å². The number of aromatic amines is 1. The number of hydrogen-bond donors (Lipinski definition) is 2. The van der Waals surface area contributed by atoms with Crippen LogP contribution in [0.3, 0.4) is 0 Å². The maximum Gasteiger partial charge on any atom is 0.233 e. The first-order valence-electron chi connectivity index (χ1n) is 7.99. The van der Waals surface area contributed by atoms with Gasteiger partial charge < -0.3 is 5.32 Å². The van der Waals surface area contributed by atoms with Crippen molar-refractivity contribution >= 4 is 27.5 Å². The molecule has 0 saturated carbocycles. The van der Waals surface area contributed by atoms with Gasteiger partial charge in [0.2, 0.25) is 11.1 Å². The Morgan fingerprint density at radius 3 is 2.72 bits per heavy atom. The first kappa shape index (κ1) is 17.9. The number of benzene rings is 1. The number of rotatable bonds is 5. The van der Waals surface area contributed by atoms with Gasteiger partial charge in [0.15, 0.2) is 15.7 Å². The van der Waals surface area contributed by atoms with Gasteiger partial charge in [-0.25, -0.2) is 13.4 Å². The third kappa shape index (κ3) is 4.60. The second-order valence-corrected chi connectivity index (χ2v) is 9.74. The topological polar surface area (TPSA) is 105 Å². The van der Waals surface area contributed by atoms with Crippen molar-refractivity contribution in [3.63, 3.8) is 0 Å². The summed E-state index contributed by atoms with van der Waals surface area (Å²) in [6.07, 6.45) is 0.476. The normalized spacial score (nSPS) is 20.3. The number of nitrogens with one attached hydrogen (secondary N) is 2. The molecule has 1 saturated heterocycles. The molecule has 7 nitrogen and oxygen atoms in total. The zero-order chi connectivity index (χ0) is 18.0. The van der Waals surface area contributed by atoms with Gasteiger partial charge in [0.05, 0.1) is 16.8 Å². The molecule has 9 heteroatoms. The van der Waals surface area contributed by atoms with Crippen molar-refractivity contribution < 1.29 is 13.2 Å². The number of aromatic nitrogens is 3. The fourth-order valence-corrected chi connectivity index (χ4v) is 4.99. The first-order chi connectivity index (χ1) is 11.8. The summed E-state index contributed by atoms with van der Waals surface area (Å²) >= 11 is 1.24. The van der Waals surface area contributed by atoms with Crippen LogP contribution >= 0.6 is 11.8 Å². The van der Waals surface area contributed by atoms with E-state index >= 15 is 0 Å². The van der Waals surface area contributed by atoms with E-state index < -0.39 is 15.1 Å². The summed E-state index contributed by atoms with van der Waals surface area (Å²) in [6, 6.07) is 7.62. The van der Waals surface area contributed by atoms with E-state index in [4.69, 9.17) is 0 Å². The van der Waals surface area contributed by atoms with Gasteiger partial charge in [-0.15, -0.1) is 5.10 Å². The fourth-order valence-electron chi connectivity index (χ4n) is 2.58. The van der Waals surface area contributed by atoms with Crippen LogP contribution in [0.15, 0.2) is 29.4 Å². The fraction of sp³-hybridized carbons (Fsp3) is 0.438. The van der Waals surface area contributed by atoms with E-state index in [0.717, 1.165) is 11.1 Å². The van der Waals surface area contributed by atoms with Gasteiger partial charge in [0.1, 0.15) is 0 Å². The lowest BCUT2D eigenvalue weighted by Crippen LogP contribution is -2.39. The molecule has 25 heavy (non-hydrogen) atoms. The largest absolute Gasteiger partial charge is 0.351 e. The maximum atomic E-state index is 12.2. The van der Waals surface area contributed by atoms with Gasteiger partial charge in [-0.1, -0.05) is 41.6 Å². The number of carbonyl (C=O) groups is 1. The number of carbonyl (C=O) groups excluding carboxylic acids is 1. The highest BCUT2D eigenvalue weighted by Gasteiger charge is 2.30. The molecule has 1 fully saturated rings. The van der Waals surface area contributed by atoms with Crippen molar-refractivity contribution in [3.8, 4) is 11.4 Å². The number of H-pyrrole nitrogens is 1. The van der Waals surface area contributed by atoms with Crippen LogP contribution in [0.2, 0.25) is 0 Å². The smallest absolute Gasteiger partial charge is 0.233 e. The minimum Gasteiger partial charge on any atom is -0.351 e. The zero-order valence-corrected chi connectivity index (χ0v) is 15.7. The van der Waals surface area contributed by atoms with Crippen LogP contribution in [-0.2, 0) is 14.6 Å². The molecule has 1 aliphatic rings. The van der Waals surface area contributed by atoms with Crippen LogP contribution < -0.4 is 5.32 Å². The molecular weight excluding hydrogens is 360 g/mol. The molecular formula is C16H20N4O3S2. The maximum absolute atomic E-state index is 12.2. The van der Waals surface area contributed by atoms with Crippen molar-refractivity contribution in [3.05, 3.63) is 29.8 Å². The standard InChI is InChI=1S/C16H20N4O3S2/c1-10-3-5-12(6-4-10)14-18-16(20-19-14)24-11(2)15(21)17-13-7-8-25(22,23)9-13/h3-6,11,13H,7-9H2,1-2H3,(H,17,21)(H,18,19,20)/t11-,13+/m0/s1. The third-order valence-corrected chi connectivity index (χ3v) is 6.75. The van der Waals surface area contributed by atoms with E-state index in [0.29, 0.717) is 17.4 Å². The van der Waals surface area contributed by atoms with E-state index in [2.05, 4.69) is 20.5 Å². The SMILES string of the molecule is Cc1ccc(-c2nc(S[C@@H](C)C(=O)N[C@@H]3CCS(=O)(=O)C3)n[nH]2)cc1. The molecule has 1 aliphatic heterocycles. The number of amides is 1. The predicted molar refractivity (Wildman–Crippen MR) is 97.1 cm³/mol. The Kier molecular flexibility index (Phi) is 5.14. The van der Waals surface area contributed by atoms with Gasteiger partial charge in [-0.3, -0.25) is 9.89 Å². The Morgan fingerprint density at radius 1 is 1.36 bits per heavy atom. The van der Waals surface area contributed by atoms with E-state index in [1.807, 2.05) is 31.2 Å². The lowest BCUT2D eigenvalue weighted by atomic mass is 10.1. The Labute approximate surface area is 150 Å². The average Bonchev–Trinajstić information content (AvgIpc) is 3.14. The summed E-state index contributed by atoms with van der Waals surface area (Å²) in [5.41, 5.74) is 2.09. The third-order valence-electron chi connectivity index (χ3n) is 4.02. The molecule has 0 unspecified atom stereocenters. The predicted octanol–water partition coefficient (Wildman–Crippen LogP) is 1.56. The molecule has 0 spiro atoms. The minimum absolute atomic E-state index is 0.0222. The summed E-state index contributed by atoms with van der Waals surface area (Å²) in [7, 11) is -3.01. The number of nitrogens with zero attached hydrogens (tertiary/aromatic N) is 2. The van der Waals surface area contributed by atoms with Gasteiger partial charge in [-0.2, -0.15) is 0 Å². The molecule has 134 valence electrons. The van der Waals surface area contributed by atoms with Gasteiger partial charge in [-0.05, 0) is 20.3 Å². The van der Waals surface area contributed by atoms with Crippen LogP contribution in [0, 0.1) is 6.92 Å². The molecule has 1 aromatic carbocycles. The summed E-state index contributed by atoms with van der Waals surface area (Å²) < 4.78 is 22.9. The molecule has 2 N–H and O–H groups in total. The van der Waals surface area contributed by atoms with Gasteiger partial charge in [0, 0.05) is 11.6 Å². The van der Waals surface area contributed by atoms with E-state index in [1.165, 1.54) is 11.8 Å². The summed E-state index contributed by atoms with van der Waals surface area (Å²) in [6.45, 7) is 3.77. The summed E-state index contributed by atoms with van der Waals surface area (Å²) in [5.74, 6) is 0.611. The molecule has 2 heterocycles. The Bertz CT molecular complexity index is 862. The molecule has 0 radical (unpaired) electrons. The molecule has 0 aliphatic carbocycles. The number of thioether (sulfide) groups is 1. The van der Waals surface area contributed by atoms with Crippen molar-refractivity contribution in [2.75, 3.05) is 11.5 Å². The highest BCUT2D eigenvalue weighted by molar-refractivity contribution is 8.00. The second kappa shape index (κ2) is 7.17. The quantitative estimate of drug-likeness (QED) is 0.763. The molecule has 2 atom stereocenters. The van der Waals surface area contributed by atoms with Crippen molar-refractivity contribution in [2.45, 2.75) is 36.7 Å². The number of hydrogen-bond acceptors (Lipinski definition) is 6. The Balaban J connectivity index is 1.58. The zero-order valence-electron chi connectivity index (χ0n) is 14.0. The lowest BCUT2D eigenvalue weighted by molar-refractivity contribution is -0.120. The Morgan fingerprint density at radius 2 is 2.08 bits per heavy atom. The van der Waals surface area contributed by atoms with Crippen molar-refractivity contribution in [1.82, 2.24) is 20.5 Å². The monoisotopic (exact) mass is 380 g/mol. The van der Waals surface area contributed by atoms with Crippen LogP contribution in [0.5, 0.6) is 0 Å². The van der Waals surface area contributed by atoms with Crippen molar-refractivity contribution in [2.24, 2.45) is 0 Å². The molecule has 1 amide bonds. The molecule has 2 aromatic rings. The highest BCUT2D eigenvalue weighted by Crippen LogP contribution is 2.23. The van der Waals surface area contributed by atoms with Crippen molar-refractivity contribution in [1.29, 1.82) is 0 Å². The number of sulfone groups is 1.